The average molecular weight is 283 g/mol. The van der Waals surface area contributed by atoms with Gasteiger partial charge in [0.15, 0.2) is 0 Å². The molecule has 4 heteroatoms. The average Bonchev–Trinajstić information content (AvgIpc) is 2.40. The topological polar surface area (TPSA) is 35.5 Å². The van der Waals surface area contributed by atoms with E-state index in [-0.39, 0.29) is 0 Å². The van der Waals surface area contributed by atoms with E-state index in [1.165, 1.54) is 5.56 Å². The maximum absolute atomic E-state index is 12.2. The standard InChI is InChI=1S/C15H24O3P/c1-3-17-19(16,18-4-2)14-10-6-9-13-15-11-7-5-8-12-15/h5,7-8,11H,3-4,6,9-10,13-14H2,1-2H3. The van der Waals surface area contributed by atoms with Gasteiger partial charge in [0.1, 0.15) is 0 Å². The smallest absolute Gasteiger partial charge is 0.309 e. The van der Waals surface area contributed by atoms with Crippen molar-refractivity contribution in [3.05, 3.63) is 35.9 Å². The van der Waals surface area contributed by atoms with Crippen LogP contribution in [-0.4, -0.2) is 19.4 Å². The first-order chi connectivity index (χ1) is 9.20. The SMILES string of the molecule is CCOP(=O)(CCCCCc1[c]cccc1)OCC. The highest BCUT2D eigenvalue weighted by Gasteiger charge is 2.22. The van der Waals surface area contributed by atoms with E-state index in [4.69, 9.17) is 9.05 Å². The van der Waals surface area contributed by atoms with Crippen molar-refractivity contribution >= 4 is 7.60 Å². The van der Waals surface area contributed by atoms with Crippen LogP contribution in [0, 0.1) is 6.07 Å². The van der Waals surface area contributed by atoms with Crippen molar-refractivity contribution < 1.29 is 13.6 Å². The monoisotopic (exact) mass is 283 g/mol. The number of aryl methyl sites for hydroxylation is 1. The van der Waals surface area contributed by atoms with Crippen molar-refractivity contribution in [1.82, 2.24) is 0 Å². The fourth-order valence-electron chi connectivity index (χ4n) is 1.94. The number of rotatable bonds is 10. The molecule has 0 saturated carbocycles. The first kappa shape index (κ1) is 16.4. The summed E-state index contributed by atoms with van der Waals surface area (Å²) in [5.74, 6) is 0. The third kappa shape index (κ3) is 6.91. The van der Waals surface area contributed by atoms with Crippen molar-refractivity contribution in [2.75, 3.05) is 19.4 Å². The van der Waals surface area contributed by atoms with E-state index in [9.17, 15) is 4.57 Å². The summed E-state index contributed by atoms with van der Waals surface area (Å²) >= 11 is 0. The van der Waals surface area contributed by atoms with Gasteiger partial charge in [-0.3, -0.25) is 4.57 Å². The number of unbranched alkanes of at least 4 members (excludes halogenated alkanes) is 2. The fourth-order valence-corrected chi connectivity index (χ4v) is 3.67. The van der Waals surface area contributed by atoms with Crippen LogP contribution in [0.5, 0.6) is 0 Å². The molecule has 107 valence electrons. The van der Waals surface area contributed by atoms with E-state index >= 15 is 0 Å². The molecule has 0 amide bonds. The Kier molecular flexibility index (Phi) is 8.04. The van der Waals surface area contributed by atoms with E-state index in [1.54, 1.807) is 0 Å². The van der Waals surface area contributed by atoms with Gasteiger partial charge in [0.25, 0.3) is 0 Å². The van der Waals surface area contributed by atoms with Crippen LogP contribution in [0.25, 0.3) is 0 Å². The Bertz CT molecular complexity index is 368. The molecule has 0 aliphatic carbocycles. The summed E-state index contributed by atoms with van der Waals surface area (Å²) < 4.78 is 22.7. The molecule has 0 spiro atoms. The van der Waals surface area contributed by atoms with Crippen molar-refractivity contribution in [1.29, 1.82) is 0 Å². The Labute approximate surface area is 116 Å². The van der Waals surface area contributed by atoms with Gasteiger partial charge in [-0.15, -0.1) is 0 Å². The molecule has 0 aliphatic heterocycles. The fraction of sp³-hybridized carbons (Fsp3) is 0.600. The lowest BCUT2D eigenvalue weighted by Gasteiger charge is -2.16. The highest BCUT2D eigenvalue weighted by atomic mass is 31.2. The molecular weight excluding hydrogens is 259 g/mol. The Hall–Kier alpha value is -0.630. The van der Waals surface area contributed by atoms with Crippen molar-refractivity contribution in [3.63, 3.8) is 0 Å². The minimum absolute atomic E-state index is 0.441. The van der Waals surface area contributed by atoms with E-state index < -0.39 is 7.60 Å². The molecular formula is C15H24O3P. The van der Waals surface area contributed by atoms with E-state index in [0.717, 1.165) is 25.7 Å². The van der Waals surface area contributed by atoms with E-state index in [1.807, 2.05) is 32.0 Å². The number of hydrogen-bond acceptors (Lipinski definition) is 3. The second kappa shape index (κ2) is 9.30. The molecule has 0 N–H and O–H groups in total. The molecule has 0 bridgehead atoms. The van der Waals surface area contributed by atoms with Crippen molar-refractivity contribution in [3.8, 4) is 0 Å². The lowest BCUT2D eigenvalue weighted by Crippen LogP contribution is -2.00. The Morgan fingerprint density at radius 1 is 1.11 bits per heavy atom. The van der Waals surface area contributed by atoms with Crippen LogP contribution in [0.4, 0.5) is 0 Å². The zero-order valence-corrected chi connectivity index (χ0v) is 12.8. The van der Waals surface area contributed by atoms with Crippen LogP contribution < -0.4 is 0 Å². The third-order valence-electron chi connectivity index (χ3n) is 2.80. The Balaban J connectivity index is 2.20. The lowest BCUT2D eigenvalue weighted by molar-refractivity contribution is 0.219. The summed E-state index contributed by atoms with van der Waals surface area (Å²) in [4.78, 5) is 0. The van der Waals surface area contributed by atoms with Gasteiger partial charge in [-0.1, -0.05) is 30.7 Å². The maximum atomic E-state index is 12.2. The molecule has 1 radical (unpaired) electrons. The minimum atomic E-state index is -2.84. The Morgan fingerprint density at radius 2 is 1.84 bits per heavy atom. The summed E-state index contributed by atoms with van der Waals surface area (Å²) in [6.45, 7) is 4.57. The van der Waals surface area contributed by atoms with E-state index in [0.29, 0.717) is 19.4 Å². The van der Waals surface area contributed by atoms with Crippen LogP contribution in [0.3, 0.4) is 0 Å². The first-order valence-electron chi connectivity index (χ1n) is 7.04. The van der Waals surface area contributed by atoms with Gasteiger partial charge in [0.2, 0.25) is 0 Å². The van der Waals surface area contributed by atoms with Gasteiger partial charge < -0.3 is 9.05 Å². The summed E-state index contributed by atoms with van der Waals surface area (Å²) in [6, 6.07) is 11.2. The predicted molar refractivity (Wildman–Crippen MR) is 78.6 cm³/mol. The summed E-state index contributed by atoms with van der Waals surface area (Å²) in [7, 11) is -2.84. The number of hydrogen-bond donors (Lipinski definition) is 0. The molecule has 0 unspecified atom stereocenters. The molecule has 3 nitrogen and oxygen atoms in total. The molecule has 1 rings (SSSR count). The summed E-state index contributed by atoms with van der Waals surface area (Å²) in [6.07, 6.45) is 4.54. The first-order valence-corrected chi connectivity index (χ1v) is 8.76. The van der Waals surface area contributed by atoms with Crippen LogP contribution >= 0.6 is 7.60 Å². The molecule has 1 aromatic rings. The maximum Gasteiger partial charge on any atom is 0.330 e. The molecule has 0 aliphatic rings. The van der Waals surface area contributed by atoms with Gasteiger partial charge in [-0.2, -0.15) is 0 Å². The zero-order chi connectivity index (χ0) is 14.0. The number of benzene rings is 1. The Morgan fingerprint density at radius 3 is 2.42 bits per heavy atom. The van der Waals surface area contributed by atoms with Crippen LogP contribution in [0.1, 0.15) is 38.7 Å². The van der Waals surface area contributed by atoms with Crippen LogP contribution in [0.15, 0.2) is 24.3 Å². The second-order valence-electron chi connectivity index (χ2n) is 4.37. The molecule has 0 fully saturated rings. The zero-order valence-electron chi connectivity index (χ0n) is 11.9. The molecule has 0 atom stereocenters. The lowest BCUT2D eigenvalue weighted by atomic mass is 10.1. The van der Waals surface area contributed by atoms with Gasteiger partial charge in [0.05, 0.1) is 19.4 Å². The summed E-state index contributed by atoms with van der Waals surface area (Å²) in [5.41, 5.74) is 1.24. The van der Waals surface area contributed by atoms with Crippen molar-refractivity contribution in [2.24, 2.45) is 0 Å². The second-order valence-corrected chi connectivity index (χ2v) is 6.55. The third-order valence-corrected chi connectivity index (χ3v) is 4.97. The van der Waals surface area contributed by atoms with Crippen LogP contribution in [0.2, 0.25) is 0 Å². The molecule has 0 aromatic heterocycles. The largest absolute Gasteiger partial charge is 0.330 e. The van der Waals surface area contributed by atoms with Gasteiger partial charge in [0, 0.05) is 0 Å². The van der Waals surface area contributed by atoms with Gasteiger partial charge in [-0.25, -0.2) is 0 Å². The highest BCUT2D eigenvalue weighted by Crippen LogP contribution is 2.48. The van der Waals surface area contributed by atoms with Crippen LogP contribution in [-0.2, 0) is 20.0 Å². The quantitative estimate of drug-likeness (QED) is 0.469. The highest BCUT2D eigenvalue weighted by molar-refractivity contribution is 7.53. The normalized spacial score (nSPS) is 11.7. The molecule has 19 heavy (non-hydrogen) atoms. The minimum Gasteiger partial charge on any atom is -0.309 e. The summed E-state index contributed by atoms with van der Waals surface area (Å²) in [5, 5.41) is 0. The van der Waals surface area contributed by atoms with E-state index in [2.05, 4.69) is 12.1 Å². The van der Waals surface area contributed by atoms with Gasteiger partial charge >= 0.3 is 7.60 Å². The van der Waals surface area contributed by atoms with Gasteiger partial charge in [-0.05, 0) is 44.7 Å². The molecule has 0 saturated heterocycles. The van der Waals surface area contributed by atoms with Crippen molar-refractivity contribution in [2.45, 2.75) is 39.5 Å². The predicted octanol–water partition coefficient (Wildman–Crippen LogP) is 4.47. The molecule has 0 heterocycles. The molecule has 1 aromatic carbocycles.